The summed E-state index contributed by atoms with van der Waals surface area (Å²) in [7, 11) is 0. The zero-order valence-corrected chi connectivity index (χ0v) is 19.4. The molecule has 0 saturated heterocycles. The van der Waals surface area contributed by atoms with Crippen molar-refractivity contribution in [3.05, 3.63) is 59.7 Å². The van der Waals surface area contributed by atoms with E-state index < -0.39 is 0 Å². The summed E-state index contributed by atoms with van der Waals surface area (Å²) in [4.78, 5) is 35.9. The fourth-order valence-electron chi connectivity index (χ4n) is 3.99. The minimum Gasteiger partial charge on any atom is -0.466 e. The number of allylic oxidation sites excluding steroid dienone is 2. The van der Waals surface area contributed by atoms with Crippen LogP contribution in [0.25, 0.3) is 0 Å². The third-order valence-electron chi connectivity index (χ3n) is 5.74. The third kappa shape index (κ3) is 8.81. The van der Waals surface area contributed by atoms with Crippen LogP contribution in [0.15, 0.2) is 54.1 Å². The number of hydrogen-bond acceptors (Lipinski definition) is 5. The van der Waals surface area contributed by atoms with Gasteiger partial charge in [-0.2, -0.15) is 0 Å². The molecule has 2 atom stereocenters. The molecule has 5 nitrogen and oxygen atoms in total. The van der Waals surface area contributed by atoms with Crippen LogP contribution >= 0.6 is 0 Å². The van der Waals surface area contributed by atoms with E-state index in [1.165, 1.54) is 0 Å². The lowest BCUT2D eigenvalue weighted by Crippen LogP contribution is -2.23. The van der Waals surface area contributed by atoms with Gasteiger partial charge in [-0.15, -0.1) is 0 Å². The number of ether oxygens (including phenoxy) is 2. The Hall–Kier alpha value is -2.69. The summed E-state index contributed by atoms with van der Waals surface area (Å²) in [5.74, 6) is -0.189. The molecule has 1 aromatic carbocycles. The molecule has 174 valence electrons. The number of hydrogen-bond donors (Lipinski definition) is 0. The van der Waals surface area contributed by atoms with Crippen molar-refractivity contribution in [2.45, 2.75) is 77.7 Å². The first-order valence-corrected chi connectivity index (χ1v) is 11.9. The molecule has 1 aliphatic carbocycles. The van der Waals surface area contributed by atoms with E-state index in [4.69, 9.17) is 9.47 Å². The van der Waals surface area contributed by atoms with E-state index in [0.29, 0.717) is 31.4 Å². The van der Waals surface area contributed by atoms with Gasteiger partial charge < -0.3 is 9.47 Å². The number of benzene rings is 1. The van der Waals surface area contributed by atoms with Gasteiger partial charge in [-0.05, 0) is 50.0 Å². The quantitative estimate of drug-likeness (QED) is 0.202. The molecule has 0 heterocycles. The van der Waals surface area contributed by atoms with E-state index >= 15 is 0 Å². The standard InChI is InChI=1S/C27H36O5/c1-3-24-21(18-20-25(24)32-27(30)22-13-9-8-10-14-22)17-19-23(28)15-11-6-5-7-12-16-26(29)31-4-2/h8-10,13-14,17-19,24-25H,3-7,11-12,15-16,20H2,1-2H3/b19-17+/t24-,25-/m1/s1. The third-order valence-corrected chi connectivity index (χ3v) is 5.74. The maximum Gasteiger partial charge on any atom is 0.338 e. The number of carbonyl (C=O) groups is 3. The Morgan fingerprint density at radius 2 is 1.66 bits per heavy atom. The summed E-state index contributed by atoms with van der Waals surface area (Å²) in [6.07, 6.45) is 12.7. The number of unbranched alkanes of at least 4 members (excludes halogenated alkanes) is 4. The van der Waals surface area contributed by atoms with Crippen molar-refractivity contribution in [3.8, 4) is 0 Å². The molecule has 5 heteroatoms. The highest BCUT2D eigenvalue weighted by Gasteiger charge is 2.30. The Kier molecular flexibility index (Phi) is 11.5. The molecule has 0 bridgehead atoms. The summed E-state index contributed by atoms with van der Waals surface area (Å²) in [5.41, 5.74) is 1.63. The van der Waals surface area contributed by atoms with Gasteiger partial charge >= 0.3 is 11.9 Å². The van der Waals surface area contributed by atoms with Gasteiger partial charge in [0.05, 0.1) is 12.2 Å². The lowest BCUT2D eigenvalue weighted by molar-refractivity contribution is -0.143. The predicted octanol–water partition coefficient (Wildman–Crippen LogP) is 5.99. The van der Waals surface area contributed by atoms with Crippen LogP contribution in [-0.2, 0) is 19.1 Å². The molecule has 0 saturated carbocycles. The summed E-state index contributed by atoms with van der Waals surface area (Å²) in [5, 5.41) is 0. The maximum absolute atomic E-state index is 12.4. The Bertz CT molecular complexity index is 794. The fraction of sp³-hybridized carbons (Fsp3) is 0.519. The molecule has 32 heavy (non-hydrogen) atoms. The molecule has 0 aromatic heterocycles. The zero-order valence-electron chi connectivity index (χ0n) is 19.4. The minimum atomic E-state index is -0.300. The predicted molar refractivity (Wildman–Crippen MR) is 125 cm³/mol. The Balaban J connectivity index is 1.67. The van der Waals surface area contributed by atoms with Crippen LogP contribution in [0.3, 0.4) is 0 Å². The van der Waals surface area contributed by atoms with Crippen LogP contribution in [0.5, 0.6) is 0 Å². The molecular weight excluding hydrogens is 404 g/mol. The van der Waals surface area contributed by atoms with Crippen LogP contribution < -0.4 is 0 Å². The summed E-state index contributed by atoms with van der Waals surface area (Å²) >= 11 is 0. The van der Waals surface area contributed by atoms with Gasteiger partial charge in [0.2, 0.25) is 0 Å². The second-order valence-corrected chi connectivity index (χ2v) is 8.14. The van der Waals surface area contributed by atoms with Crippen LogP contribution in [0.1, 0.15) is 82.0 Å². The van der Waals surface area contributed by atoms with Crippen LogP contribution in [-0.4, -0.2) is 30.4 Å². The highest BCUT2D eigenvalue weighted by molar-refractivity contribution is 5.90. The van der Waals surface area contributed by atoms with Crippen LogP contribution in [0.2, 0.25) is 0 Å². The van der Waals surface area contributed by atoms with E-state index in [0.717, 1.165) is 44.1 Å². The maximum atomic E-state index is 12.4. The largest absolute Gasteiger partial charge is 0.466 e. The van der Waals surface area contributed by atoms with Gasteiger partial charge in [0.1, 0.15) is 6.10 Å². The first-order chi connectivity index (χ1) is 15.5. The van der Waals surface area contributed by atoms with E-state index in [1.54, 1.807) is 18.2 Å². The molecule has 0 N–H and O–H groups in total. The van der Waals surface area contributed by atoms with Crippen LogP contribution in [0, 0.1) is 5.92 Å². The first kappa shape index (κ1) is 25.6. The molecule has 0 aliphatic heterocycles. The second kappa shape index (κ2) is 14.4. The topological polar surface area (TPSA) is 69.7 Å². The minimum absolute atomic E-state index is 0.117. The van der Waals surface area contributed by atoms with Crippen molar-refractivity contribution in [1.82, 2.24) is 0 Å². The van der Waals surface area contributed by atoms with E-state index in [1.807, 2.05) is 31.2 Å². The zero-order chi connectivity index (χ0) is 23.2. The van der Waals surface area contributed by atoms with E-state index in [2.05, 4.69) is 13.0 Å². The van der Waals surface area contributed by atoms with Gasteiger partial charge in [0.25, 0.3) is 0 Å². The second-order valence-electron chi connectivity index (χ2n) is 8.14. The molecule has 1 aromatic rings. The van der Waals surface area contributed by atoms with Crippen molar-refractivity contribution in [1.29, 1.82) is 0 Å². The number of esters is 2. The average molecular weight is 441 g/mol. The summed E-state index contributed by atoms with van der Waals surface area (Å²) in [6.45, 7) is 4.32. The average Bonchev–Trinajstić information content (AvgIpc) is 3.19. The fourth-order valence-corrected chi connectivity index (χ4v) is 3.99. The lowest BCUT2D eigenvalue weighted by atomic mass is 9.95. The van der Waals surface area contributed by atoms with E-state index in [9.17, 15) is 14.4 Å². The number of rotatable bonds is 14. The highest BCUT2D eigenvalue weighted by atomic mass is 16.5. The van der Waals surface area contributed by atoms with Gasteiger partial charge in [-0.1, -0.05) is 56.5 Å². The van der Waals surface area contributed by atoms with Crippen LogP contribution in [0.4, 0.5) is 0 Å². The summed E-state index contributed by atoms with van der Waals surface area (Å²) in [6, 6.07) is 9.03. The molecule has 0 radical (unpaired) electrons. The van der Waals surface area contributed by atoms with Crippen molar-refractivity contribution in [3.63, 3.8) is 0 Å². The SMILES string of the molecule is CCOC(=O)CCCCCCCC(=O)/C=C/C1=CC[C@@H](OC(=O)c2ccccc2)[C@@H]1CC. The molecule has 1 aliphatic rings. The first-order valence-electron chi connectivity index (χ1n) is 11.9. The van der Waals surface area contributed by atoms with E-state index in [-0.39, 0.29) is 29.7 Å². The number of ketones is 1. The molecule has 0 fully saturated rings. The molecular formula is C27H36O5. The normalized spacial score (nSPS) is 17.9. The van der Waals surface area contributed by atoms with Gasteiger partial charge in [0.15, 0.2) is 5.78 Å². The van der Waals surface area contributed by atoms with Crippen molar-refractivity contribution >= 4 is 17.7 Å². The van der Waals surface area contributed by atoms with Crippen molar-refractivity contribution in [2.75, 3.05) is 6.61 Å². The Labute approximate surface area is 191 Å². The highest BCUT2D eigenvalue weighted by Crippen LogP contribution is 2.32. The van der Waals surface area contributed by atoms with Gasteiger partial charge in [0, 0.05) is 25.2 Å². The van der Waals surface area contributed by atoms with Crippen molar-refractivity contribution in [2.24, 2.45) is 5.92 Å². The summed E-state index contributed by atoms with van der Waals surface area (Å²) < 4.78 is 10.7. The van der Waals surface area contributed by atoms with Crippen molar-refractivity contribution < 1.29 is 23.9 Å². The lowest BCUT2D eigenvalue weighted by Gasteiger charge is -2.21. The smallest absolute Gasteiger partial charge is 0.338 e. The molecule has 2 rings (SSSR count). The Morgan fingerprint density at radius 3 is 2.34 bits per heavy atom. The molecule has 0 amide bonds. The number of carbonyl (C=O) groups excluding carboxylic acids is 3. The van der Waals surface area contributed by atoms with Gasteiger partial charge in [-0.3, -0.25) is 9.59 Å². The molecule has 0 spiro atoms. The monoisotopic (exact) mass is 440 g/mol. The Morgan fingerprint density at radius 1 is 0.969 bits per heavy atom. The molecule has 0 unspecified atom stereocenters. The van der Waals surface area contributed by atoms with Gasteiger partial charge in [-0.25, -0.2) is 4.79 Å².